The van der Waals surface area contributed by atoms with Gasteiger partial charge in [0.2, 0.25) is 0 Å². The zero-order valence-electron chi connectivity index (χ0n) is 19.9. The van der Waals surface area contributed by atoms with Crippen LogP contribution in [0.2, 0.25) is 0 Å². The monoisotopic (exact) mass is 527 g/mol. The van der Waals surface area contributed by atoms with Crippen molar-refractivity contribution in [3.8, 4) is 22.6 Å². The zero-order valence-corrected chi connectivity index (χ0v) is 20.7. The maximum atomic E-state index is 13.6. The number of carbonyl (C=O) groups excluding carboxylic acids is 1. The number of benzene rings is 1. The van der Waals surface area contributed by atoms with Crippen molar-refractivity contribution in [2.75, 3.05) is 6.26 Å². The first-order chi connectivity index (χ1) is 18.3. The van der Waals surface area contributed by atoms with Gasteiger partial charge in [0.25, 0.3) is 0 Å². The topological polar surface area (TPSA) is 124 Å². The first kappa shape index (κ1) is 23.6. The van der Waals surface area contributed by atoms with Gasteiger partial charge < -0.3 is 0 Å². The number of carbonyl (C=O) groups is 1. The molecule has 0 N–H and O–H groups in total. The molecule has 6 aromatic rings. The number of aromatic nitrogens is 7. The lowest BCUT2D eigenvalue weighted by atomic mass is 10.1. The fourth-order valence-electron chi connectivity index (χ4n) is 4.10. The van der Waals surface area contributed by atoms with Crippen LogP contribution in [0, 0.1) is 5.82 Å². The quantitative estimate of drug-likeness (QED) is 0.302. The highest BCUT2D eigenvalue weighted by atomic mass is 32.2. The third-order valence-electron chi connectivity index (χ3n) is 5.91. The van der Waals surface area contributed by atoms with Crippen LogP contribution in [0.5, 0.6) is 0 Å². The Kier molecular flexibility index (Phi) is 5.53. The molecular formula is C26H18FN7O3S. The van der Waals surface area contributed by atoms with E-state index < -0.39 is 15.7 Å². The summed E-state index contributed by atoms with van der Waals surface area (Å²) in [4.78, 5) is 25.7. The number of fused-ring (bicyclic) bond motifs is 2. The number of halogens is 1. The van der Waals surface area contributed by atoms with E-state index in [0.29, 0.717) is 45.2 Å². The van der Waals surface area contributed by atoms with Crippen LogP contribution in [0.25, 0.3) is 33.9 Å². The van der Waals surface area contributed by atoms with Crippen LogP contribution in [0.15, 0.2) is 84.3 Å². The molecule has 0 spiro atoms. The van der Waals surface area contributed by atoms with Crippen LogP contribution in [0.4, 0.5) is 4.39 Å². The van der Waals surface area contributed by atoms with Gasteiger partial charge in [-0.25, -0.2) is 31.8 Å². The Bertz CT molecular complexity index is 1950. The number of hydrogen-bond acceptors (Lipinski definition) is 8. The summed E-state index contributed by atoms with van der Waals surface area (Å²) >= 11 is 0. The Morgan fingerprint density at radius 1 is 0.895 bits per heavy atom. The van der Waals surface area contributed by atoms with Crippen molar-refractivity contribution < 1.29 is 17.6 Å². The fraction of sp³-hybridized carbons (Fsp3) is 0.0769. The van der Waals surface area contributed by atoms with Gasteiger partial charge in [-0.3, -0.25) is 9.78 Å². The maximum absolute atomic E-state index is 13.6. The molecule has 12 heteroatoms. The molecule has 0 bridgehead atoms. The largest absolute Gasteiger partial charge is 0.294 e. The van der Waals surface area contributed by atoms with Crippen LogP contribution in [-0.2, 0) is 16.3 Å². The minimum absolute atomic E-state index is 0.0818. The average molecular weight is 528 g/mol. The van der Waals surface area contributed by atoms with E-state index in [1.54, 1.807) is 65.6 Å². The van der Waals surface area contributed by atoms with Crippen molar-refractivity contribution in [2.45, 2.75) is 11.4 Å². The van der Waals surface area contributed by atoms with Crippen molar-refractivity contribution in [2.24, 2.45) is 0 Å². The predicted molar refractivity (Wildman–Crippen MR) is 136 cm³/mol. The standard InChI is InChI=1S/C26H18FN7O3S/c1-38(36,37)24-9-8-23-30-25(17-2-4-18(27)5-3-17)26(34(23)32-24)20-6-7-22-29-19(15-33(22)31-20)14-21(35)16-10-12-28-13-11-16/h2-13,15H,14H2,1H3. The van der Waals surface area contributed by atoms with Gasteiger partial charge in [0.05, 0.1) is 18.3 Å². The van der Waals surface area contributed by atoms with Gasteiger partial charge in [-0.05, 0) is 60.7 Å². The van der Waals surface area contributed by atoms with Crippen molar-refractivity contribution in [1.82, 2.24) is 34.2 Å². The molecule has 0 fully saturated rings. The van der Waals surface area contributed by atoms with Gasteiger partial charge in [-0.1, -0.05) is 0 Å². The van der Waals surface area contributed by atoms with Crippen molar-refractivity contribution in [1.29, 1.82) is 0 Å². The minimum Gasteiger partial charge on any atom is -0.294 e. The number of rotatable bonds is 6. The number of pyridine rings is 1. The van der Waals surface area contributed by atoms with E-state index in [4.69, 9.17) is 0 Å². The predicted octanol–water partition coefficient (Wildman–Crippen LogP) is 3.47. The second-order valence-electron chi connectivity index (χ2n) is 8.62. The van der Waals surface area contributed by atoms with Gasteiger partial charge in [0.1, 0.15) is 22.9 Å². The third kappa shape index (κ3) is 4.30. The molecule has 5 heterocycles. The van der Waals surface area contributed by atoms with Gasteiger partial charge in [0.15, 0.2) is 31.9 Å². The molecule has 6 rings (SSSR count). The summed E-state index contributed by atoms with van der Waals surface area (Å²) in [6.07, 6.45) is 5.93. The highest BCUT2D eigenvalue weighted by Crippen LogP contribution is 2.32. The van der Waals surface area contributed by atoms with Gasteiger partial charge in [-0.15, -0.1) is 0 Å². The van der Waals surface area contributed by atoms with Crippen molar-refractivity contribution >= 4 is 26.9 Å². The minimum atomic E-state index is -3.60. The first-order valence-corrected chi connectivity index (χ1v) is 13.3. The maximum Gasteiger partial charge on any atom is 0.194 e. The lowest BCUT2D eigenvalue weighted by Gasteiger charge is -2.06. The molecule has 0 saturated heterocycles. The summed E-state index contributed by atoms with van der Waals surface area (Å²) in [5, 5.41) is 8.87. The molecule has 188 valence electrons. The van der Waals surface area contributed by atoms with Crippen LogP contribution < -0.4 is 0 Å². The van der Waals surface area contributed by atoms with Crippen LogP contribution in [0.1, 0.15) is 16.1 Å². The Labute approximate surface area is 215 Å². The summed E-state index contributed by atoms with van der Waals surface area (Å²) in [5.41, 5.74) is 3.87. The molecule has 10 nitrogen and oxygen atoms in total. The second kappa shape index (κ2) is 8.92. The summed E-state index contributed by atoms with van der Waals surface area (Å²) in [6.45, 7) is 0. The molecule has 5 aromatic heterocycles. The van der Waals surface area contributed by atoms with Gasteiger partial charge in [0, 0.05) is 29.8 Å². The first-order valence-electron chi connectivity index (χ1n) is 11.4. The van der Waals surface area contributed by atoms with Crippen molar-refractivity contribution in [3.63, 3.8) is 0 Å². The van der Waals surface area contributed by atoms with E-state index in [9.17, 15) is 17.6 Å². The lowest BCUT2D eigenvalue weighted by molar-refractivity contribution is 0.0992. The SMILES string of the molecule is CS(=O)(=O)c1ccc2nc(-c3ccc(F)cc3)c(-c3ccc4nc(CC(=O)c5ccncc5)cn4n3)n2n1. The summed E-state index contributed by atoms with van der Waals surface area (Å²) in [6, 6.07) is 15.5. The third-order valence-corrected chi connectivity index (χ3v) is 6.88. The number of Topliss-reactive ketones (excluding diaryl/α,β-unsaturated/α-hetero) is 1. The molecule has 0 aliphatic rings. The smallest absolute Gasteiger partial charge is 0.194 e. The average Bonchev–Trinajstić information content (AvgIpc) is 3.49. The Balaban J connectivity index is 1.48. The van der Waals surface area contributed by atoms with E-state index in [2.05, 4.69) is 25.1 Å². The number of hydrogen-bond donors (Lipinski definition) is 0. The van der Waals surface area contributed by atoms with Crippen LogP contribution in [0.3, 0.4) is 0 Å². The Morgan fingerprint density at radius 2 is 1.63 bits per heavy atom. The van der Waals surface area contributed by atoms with E-state index in [1.165, 1.54) is 22.7 Å². The summed E-state index contributed by atoms with van der Waals surface area (Å²) in [5.74, 6) is -0.503. The van der Waals surface area contributed by atoms with E-state index >= 15 is 0 Å². The highest BCUT2D eigenvalue weighted by Gasteiger charge is 2.21. The van der Waals surface area contributed by atoms with Crippen LogP contribution in [-0.4, -0.2) is 54.6 Å². The Morgan fingerprint density at radius 3 is 2.37 bits per heavy atom. The van der Waals surface area contributed by atoms with E-state index in [0.717, 1.165) is 6.26 Å². The fourth-order valence-corrected chi connectivity index (χ4v) is 4.65. The van der Waals surface area contributed by atoms with E-state index in [1.807, 2.05) is 0 Å². The van der Waals surface area contributed by atoms with Gasteiger partial charge in [-0.2, -0.15) is 10.2 Å². The lowest BCUT2D eigenvalue weighted by Crippen LogP contribution is -2.06. The molecule has 0 unspecified atom stereocenters. The van der Waals surface area contributed by atoms with Crippen LogP contribution >= 0.6 is 0 Å². The summed E-state index contributed by atoms with van der Waals surface area (Å²) in [7, 11) is -3.60. The number of nitrogens with zero attached hydrogens (tertiary/aromatic N) is 7. The number of imidazole rings is 2. The molecule has 1 aromatic carbocycles. The molecule has 0 saturated carbocycles. The van der Waals surface area contributed by atoms with E-state index in [-0.39, 0.29) is 17.2 Å². The van der Waals surface area contributed by atoms with Crippen molar-refractivity contribution in [3.05, 3.63) is 96.3 Å². The second-order valence-corrected chi connectivity index (χ2v) is 10.6. The molecule has 38 heavy (non-hydrogen) atoms. The van der Waals surface area contributed by atoms with Gasteiger partial charge >= 0.3 is 0 Å². The number of ketones is 1. The zero-order chi connectivity index (χ0) is 26.4. The molecular weight excluding hydrogens is 509 g/mol. The number of sulfone groups is 1. The summed E-state index contributed by atoms with van der Waals surface area (Å²) < 4.78 is 41.0. The molecule has 0 atom stereocenters. The molecule has 0 amide bonds. The highest BCUT2D eigenvalue weighted by molar-refractivity contribution is 7.90. The molecule has 0 aliphatic heterocycles. The molecule has 0 aliphatic carbocycles. The molecule has 0 radical (unpaired) electrons. The Hall–Kier alpha value is -4.84. The normalized spacial score (nSPS) is 11.8.